The molecule has 1 aliphatic carbocycles. The second-order valence-corrected chi connectivity index (χ2v) is 18.3. The summed E-state index contributed by atoms with van der Waals surface area (Å²) in [7, 11) is 3.24. The molecule has 10 rings (SSSR count). The molecule has 4 aliphatic heterocycles. The Bertz CT molecular complexity index is 2760. The maximum atomic E-state index is 15.2. The molecule has 65 heavy (non-hydrogen) atoms. The molecule has 0 radical (unpaired) electrons. The van der Waals surface area contributed by atoms with Gasteiger partial charge in [0, 0.05) is 88.4 Å². The molecule has 1 saturated carbocycles. The Balaban J connectivity index is 0.805. The molecular formula is C44H47ClF5N11O4. The van der Waals surface area contributed by atoms with E-state index in [1.54, 1.807) is 65.0 Å². The SMILES string of the molecule is Cn1nc(N2C(=O)CCCC2=O)c2ccc(N3CCN(CC4CCN(c5ncc(Cl)c(Nc6ccc7c(c6)c6c(c(=O)n7C)OCC(F)(F)[C@H](C7CC7)N6)n5)CC4)[C@@H](C(F)(F)F)C3)cc21. The minimum absolute atomic E-state index is 0.00212. The van der Waals surface area contributed by atoms with Crippen LogP contribution in [-0.4, -0.2) is 111 Å². The van der Waals surface area contributed by atoms with E-state index in [1.165, 1.54) is 10.8 Å². The number of carbonyl (C=O) groups is 2. The highest BCUT2D eigenvalue weighted by Crippen LogP contribution is 2.46. The molecular weight excluding hydrogens is 877 g/mol. The van der Waals surface area contributed by atoms with Gasteiger partial charge in [0.2, 0.25) is 23.5 Å². The minimum Gasteiger partial charge on any atom is -0.480 e. The number of imide groups is 1. The van der Waals surface area contributed by atoms with Crippen molar-refractivity contribution in [2.24, 2.45) is 25.9 Å². The zero-order valence-electron chi connectivity index (χ0n) is 35.7. The van der Waals surface area contributed by atoms with E-state index in [1.807, 2.05) is 4.90 Å². The zero-order valence-corrected chi connectivity index (χ0v) is 36.4. The van der Waals surface area contributed by atoms with Gasteiger partial charge in [-0.3, -0.25) is 24.0 Å². The number of rotatable bonds is 8. The molecule has 5 aliphatic rings. The number of carbonyl (C=O) groups excluding carboxylic acids is 2. The largest absolute Gasteiger partial charge is 0.480 e. The average Bonchev–Trinajstić information content (AvgIpc) is 4.08. The molecule has 3 aromatic heterocycles. The molecule has 2 atom stereocenters. The van der Waals surface area contributed by atoms with Crippen molar-refractivity contribution in [2.45, 2.75) is 69.1 Å². The van der Waals surface area contributed by atoms with Gasteiger partial charge in [-0.05, 0) is 80.3 Å². The maximum absolute atomic E-state index is 15.2. The lowest BCUT2D eigenvalue weighted by Gasteiger charge is -2.45. The number of aromatic nitrogens is 5. The van der Waals surface area contributed by atoms with Gasteiger partial charge in [-0.25, -0.2) is 18.7 Å². The lowest BCUT2D eigenvalue weighted by Crippen LogP contribution is -2.60. The summed E-state index contributed by atoms with van der Waals surface area (Å²) < 4.78 is 83.1. The molecule has 15 nitrogen and oxygen atoms in total. The molecule has 344 valence electrons. The van der Waals surface area contributed by atoms with Gasteiger partial charge in [0.1, 0.15) is 11.1 Å². The Kier molecular flexibility index (Phi) is 10.8. The van der Waals surface area contributed by atoms with E-state index in [0.29, 0.717) is 96.7 Å². The number of halogens is 6. The van der Waals surface area contributed by atoms with Gasteiger partial charge < -0.3 is 29.7 Å². The Morgan fingerprint density at radius 2 is 1.68 bits per heavy atom. The first-order chi connectivity index (χ1) is 31.0. The average molecular weight is 924 g/mol. The summed E-state index contributed by atoms with van der Waals surface area (Å²) in [5, 5.41) is 12.0. The van der Waals surface area contributed by atoms with E-state index in [-0.39, 0.29) is 78.4 Å². The molecule has 2 N–H and O–H groups in total. The highest BCUT2D eigenvalue weighted by molar-refractivity contribution is 6.33. The molecule has 2 amide bonds. The third-order valence-electron chi connectivity index (χ3n) is 13.5. The van der Waals surface area contributed by atoms with Crippen molar-refractivity contribution in [1.82, 2.24) is 29.2 Å². The van der Waals surface area contributed by atoms with E-state index < -0.39 is 36.3 Å². The number of aryl methyl sites for hydroxylation is 2. The smallest absolute Gasteiger partial charge is 0.405 e. The summed E-state index contributed by atoms with van der Waals surface area (Å²) in [6.45, 7) is 0.719. The fraction of sp³-hybridized carbons (Fsp3) is 0.500. The summed E-state index contributed by atoms with van der Waals surface area (Å²) in [6, 6.07) is 7.52. The van der Waals surface area contributed by atoms with E-state index in [9.17, 15) is 27.6 Å². The van der Waals surface area contributed by atoms with E-state index in [4.69, 9.17) is 21.3 Å². The highest BCUT2D eigenvalue weighted by atomic mass is 35.5. The van der Waals surface area contributed by atoms with Crippen molar-refractivity contribution in [3.63, 3.8) is 0 Å². The van der Waals surface area contributed by atoms with Gasteiger partial charge in [-0.15, -0.1) is 0 Å². The number of pyridine rings is 1. The lowest BCUT2D eigenvalue weighted by atomic mass is 9.95. The van der Waals surface area contributed by atoms with Crippen LogP contribution in [0.15, 0.2) is 47.4 Å². The number of benzene rings is 2. The second-order valence-electron chi connectivity index (χ2n) is 17.9. The number of piperidine rings is 2. The number of anilines is 6. The predicted molar refractivity (Wildman–Crippen MR) is 236 cm³/mol. The topological polar surface area (TPSA) is 146 Å². The molecule has 2 aromatic carbocycles. The van der Waals surface area contributed by atoms with Crippen LogP contribution in [0.1, 0.15) is 44.9 Å². The van der Waals surface area contributed by atoms with Gasteiger partial charge in [0.25, 0.3) is 5.56 Å². The van der Waals surface area contributed by atoms with Crippen molar-refractivity contribution in [2.75, 3.05) is 71.2 Å². The number of piperazine rings is 1. The third-order valence-corrected chi connectivity index (χ3v) is 13.8. The molecule has 21 heteroatoms. The third kappa shape index (κ3) is 8.05. The molecule has 5 aromatic rings. The number of alkyl halides is 5. The first-order valence-corrected chi connectivity index (χ1v) is 22.3. The van der Waals surface area contributed by atoms with Gasteiger partial charge in [0.05, 0.1) is 29.0 Å². The van der Waals surface area contributed by atoms with Crippen LogP contribution in [0.25, 0.3) is 21.8 Å². The van der Waals surface area contributed by atoms with Crippen molar-refractivity contribution in [3.8, 4) is 5.75 Å². The van der Waals surface area contributed by atoms with Gasteiger partial charge in [-0.2, -0.15) is 23.3 Å². The zero-order chi connectivity index (χ0) is 45.5. The van der Waals surface area contributed by atoms with Crippen LogP contribution in [0.2, 0.25) is 5.02 Å². The Labute approximate surface area is 374 Å². The molecule has 3 saturated heterocycles. The fourth-order valence-electron chi connectivity index (χ4n) is 9.83. The van der Waals surface area contributed by atoms with Gasteiger partial charge in [-0.1, -0.05) is 11.6 Å². The maximum Gasteiger partial charge on any atom is 0.405 e. The first-order valence-electron chi connectivity index (χ1n) is 21.9. The standard InChI is InChI=1S/C44H47ClF5N11O4/c1-56-31-11-8-26(18-29(31)36-37(41(56)64)65-23-43(46,47)38(53-36)25-6-7-25)52-39-30(45)20-51-42(54-39)58-14-12-24(13-15-58)21-60-17-16-59(22-33(60)44(48,49)50)27-9-10-28-32(19-27)57(2)55-40(28)61-34(62)4-3-5-35(61)63/h8-11,18-20,24-25,33,38,53H,3-7,12-17,21-23H2,1-2H3,(H,51,52,54)/t33-,38+/m1/s1. The number of amides is 2. The predicted octanol–water partition coefficient (Wildman–Crippen LogP) is 6.84. The number of nitrogens with one attached hydrogen (secondary N) is 2. The summed E-state index contributed by atoms with van der Waals surface area (Å²) in [4.78, 5) is 54.1. The Hall–Kier alpha value is -5.76. The normalized spacial score (nSPS) is 22.2. The molecule has 7 heterocycles. The van der Waals surface area contributed by atoms with Crippen LogP contribution in [0.4, 0.5) is 56.6 Å². The first kappa shape index (κ1) is 43.1. The van der Waals surface area contributed by atoms with Crippen LogP contribution in [0, 0.1) is 11.8 Å². The van der Waals surface area contributed by atoms with Gasteiger partial charge in [0.15, 0.2) is 18.2 Å². The quantitative estimate of drug-likeness (QED) is 0.124. The van der Waals surface area contributed by atoms with Gasteiger partial charge >= 0.3 is 12.1 Å². The molecule has 0 unspecified atom stereocenters. The molecule has 0 bridgehead atoms. The van der Waals surface area contributed by atoms with Crippen LogP contribution in [-0.2, 0) is 23.7 Å². The number of fused-ring (bicyclic) bond motifs is 4. The summed E-state index contributed by atoms with van der Waals surface area (Å²) >= 11 is 6.59. The van der Waals surface area contributed by atoms with Crippen LogP contribution in [0.3, 0.4) is 0 Å². The molecule has 0 spiro atoms. The number of ether oxygens (including phenoxy) is 1. The van der Waals surface area contributed by atoms with Crippen LogP contribution in [0.5, 0.6) is 5.75 Å². The van der Waals surface area contributed by atoms with Crippen molar-refractivity contribution in [1.29, 1.82) is 0 Å². The number of hydrogen-bond acceptors (Lipinski definition) is 12. The van der Waals surface area contributed by atoms with E-state index >= 15 is 8.78 Å². The Morgan fingerprint density at radius 3 is 2.40 bits per heavy atom. The lowest BCUT2D eigenvalue weighted by molar-refractivity contribution is -0.186. The van der Waals surface area contributed by atoms with E-state index in [2.05, 4.69) is 20.7 Å². The number of nitrogens with zero attached hydrogens (tertiary/aromatic N) is 9. The Morgan fingerprint density at radius 1 is 0.923 bits per heavy atom. The molecule has 4 fully saturated rings. The van der Waals surface area contributed by atoms with Crippen molar-refractivity contribution < 1.29 is 36.3 Å². The van der Waals surface area contributed by atoms with Crippen LogP contribution >= 0.6 is 11.6 Å². The van der Waals surface area contributed by atoms with E-state index in [0.717, 1.165) is 4.90 Å². The van der Waals surface area contributed by atoms with Crippen LogP contribution < -0.4 is 35.6 Å². The fourth-order valence-corrected chi connectivity index (χ4v) is 9.97. The van der Waals surface area contributed by atoms with Crippen molar-refractivity contribution >= 4 is 79.9 Å². The minimum atomic E-state index is -4.48. The number of hydrogen-bond donors (Lipinski definition) is 2. The summed E-state index contributed by atoms with van der Waals surface area (Å²) in [5.74, 6) is -3.28. The summed E-state index contributed by atoms with van der Waals surface area (Å²) in [6.07, 6.45) is 0.531. The van der Waals surface area contributed by atoms with Crippen molar-refractivity contribution in [3.05, 3.63) is 58.0 Å². The summed E-state index contributed by atoms with van der Waals surface area (Å²) in [5.41, 5.74) is 1.94. The highest BCUT2D eigenvalue weighted by Gasteiger charge is 2.51. The second kappa shape index (κ2) is 16.3. The monoisotopic (exact) mass is 923 g/mol.